The van der Waals surface area contributed by atoms with Gasteiger partial charge in [0.1, 0.15) is 23.9 Å². The number of fused-ring (bicyclic) bond motifs is 1. The molecule has 1 fully saturated rings. The highest BCUT2D eigenvalue weighted by Gasteiger charge is 2.38. The molecular weight excluding hydrogens is 501 g/mol. The quantitative estimate of drug-likeness (QED) is 0.324. The molecule has 5 rings (SSSR count). The van der Waals surface area contributed by atoms with Gasteiger partial charge in [0.05, 0.1) is 28.7 Å². The molecule has 1 aliphatic rings. The van der Waals surface area contributed by atoms with Crippen molar-refractivity contribution in [1.29, 1.82) is 0 Å². The van der Waals surface area contributed by atoms with E-state index in [9.17, 15) is 17.4 Å². The smallest absolute Gasteiger partial charge is 0.214 e. The summed E-state index contributed by atoms with van der Waals surface area (Å²) in [6.45, 7) is 1.78. The minimum absolute atomic E-state index is 0.318. The predicted molar refractivity (Wildman–Crippen MR) is 138 cm³/mol. The molecule has 4 aromatic rings. The lowest BCUT2D eigenvalue weighted by molar-refractivity contribution is 0.173. The number of sulfonamides is 1. The van der Waals surface area contributed by atoms with E-state index in [1.807, 2.05) is 24.3 Å². The molecule has 0 bridgehead atoms. The van der Waals surface area contributed by atoms with Crippen molar-refractivity contribution in [3.8, 4) is 11.4 Å². The van der Waals surface area contributed by atoms with E-state index < -0.39 is 33.3 Å². The van der Waals surface area contributed by atoms with E-state index in [0.29, 0.717) is 23.5 Å². The number of nitrogens with one attached hydrogen (secondary N) is 1. The maximum Gasteiger partial charge on any atom is 0.214 e. The summed E-state index contributed by atoms with van der Waals surface area (Å²) in [7, 11) is -3.44. The number of aromatic nitrogens is 2. The SMILES string of the molecule is C[C@H](NS(=O)(=O)C1CC1)[C@@H](Oc1ccc2c(cnn2-c2ccc(F)cc2)c1)c1ccc([S+](C)[O-])cc1. The Labute approximate surface area is 212 Å². The monoisotopic (exact) mass is 527 g/mol. The number of hydrogen-bond acceptors (Lipinski definition) is 5. The molecule has 3 aromatic carbocycles. The summed E-state index contributed by atoms with van der Waals surface area (Å²) in [6, 6.07) is 18.2. The second-order valence-electron chi connectivity index (χ2n) is 8.97. The normalized spacial score (nSPS) is 16.6. The Balaban J connectivity index is 1.45. The van der Waals surface area contributed by atoms with Crippen molar-refractivity contribution < 1.29 is 22.1 Å². The maximum absolute atomic E-state index is 13.3. The number of hydrogen-bond donors (Lipinski definition) is 1. The van der Waals surface area contributed by atoms with E-state index >= 15 is 0 Å². The highest BCUT2D eigenvalue weighted by Crippen LogP contribution is 2.32. The van der Waals surface area contributed by atoms with Crippen LogP contribution in [-0.2, 0) is 21.2 Å². The molecule has 0 saturated heterocycles. The molecule has 1 aromatic heterocycles. The molecular formula is C26H26FN3O4S2. The van der Waals surface area contributed by atoms with Gasteiger partial charge in [-0.05, 0) is 91.1 Å². The second-order valence-corrected chi connectivity index (χ2v) is 12.3. The summed E-state index contributed by atoms with van der Waals surface area (Å²) in [5.41, 5.74) is 2.31. The Morgan fingerprint density at radius 3 is 2.44 bits per heavy atom. The van der Waals surface area contributed by atoms with Crippen LogP contribution in [0.2, 0.25) is 0 Å². The van der Waals surface area contributed by atoms with E-state index in [4.69, 9.17) is 4.74 Å². The predicted octanol–water partition coefficient (Wildman–Crippen LogP) is 4.49. The van der Waals surface area contributed by atoms with E-state index in [2.05, 4.69) is 9.82 Å². The summed E-state index contributed by atoms with van der Waals surface area (Å²) in [4.78, 5) is 0.679. The van der Waals surface area contributed by atoms with E-state index in [1.165, 1.54) is 12.1 Å². The molecule has 188 valence electrons. The molecule has 1 unspecified atom stereocenters. The summed E-state index contributed by atoms with van der Waals surface area (Å²) in [6.07, 6.45) is 4.02. The third-order valence-electron chi connectivity index (χ3n) is 6.18. The fourth-order valence-corrected chi connectivity index (χ4v) is 6.23. The van der Waals surface area contributed by atoms with Crippen LogP contribution in [0.15, 0.2) is 77.8 Å². The molecule has 0 spiro atoms. The average molecular weight is 528 g/mol. The fraction of sp³-hybridized carbons (Fsp3) is 0.269. The number of rotatable bonds is 9. The Hall–Kier alpha value is -2.92. The zero-order valence-corrected chi connectivity index (χ0v) is 21.4. The number of halogens is 1. The van der Waals surface area contributed by atoms with E-state index in [0.717, 1.165) is 22.2 Å². The molecule has 0 aliphatic heterocycles. The van der Waals surface area contributed by atoms with E-state index in [1.54, 1.807) is 54.4 Å². The standard InChI is InChI=1S/C26H26FN3O4S2/c1-17(29-36(32,33)24-12-13-24)26(18-3-10-23(11-4-18)35(2)31)34-22-9-14-25-19(15-22)16-28-30(25)21-7-5-20(27)6-8-21/h3-11,14-17,24,26,29H,12-13H2,1-2H3/t17-,26+,35?/m0/s1. The van der Waals surface area contributed by atoms with Gasteiger partial charge in [0.2, 0.25) is 10.0 Å². The van der Waals surface area contributed by atoms with Crippen LogP contribution in [0.1, 0.15) is 31.4 Å². The molecule has 36 heavy (non-hydrogen) atoms. The third-order valence-corrected chi connectivity index (χ3v) is 9.17. The number of benzene rings is 3. The summed E-state index contributed by atoms with van der Waals surface area (Å²) in [5, 5.41) is 4.90. The van der Waals surface area contributed by atoms with Crippen LogP contribution in [-0.4, -0.2) is 40.3 Å². The van der Waals surface area contributed by atoms with Crippen molar-refractivity contribution >= 4 is 32.1 Å². The Bertz CT molecular complexity index is 1470. The van der Waals surface area contributed by atoms with Crippen LogP contribution in [0.3, 0.4) is 0 Å². The van der Waals surface area contributed by atoms with E-state index in [-0.39, 0.29) is 11.1 Å². The maximum atomic E-state index is 13.3. The van der Waals surface area contributed by atoms with Crippen molar-refractivity contribution in [1.82, 2.24) is 14.5 Å². The van der Waals surface area contributed by atoms with Gasteiger partial charge in [-0.2, -0.15) is 5.10 Å². The number of nitrogens with zero attached hydrogens (tertiary/aromatic N) is 2. The van der Waals surface area contributed by atoms with Gasteiger partial charge in [-0.3, -0.25) is 0 Å². The zero-order chi connectivity index (χ0) is 25.4. The molecule has 3 atom stereocenters. The molecule has 7 nitrogen and oxygen atoms in total. The van der Waals surface area contributed by atoms with Crippen molar-refractivity contribution in [3.63, 3.8) is 0 Å². The lowest BCUT2D eigenvalue weighted by atomic mass is 10.0. The minimum atomic E-state index is -3.44. The molecule has 1 heterocycles. The van der Waals surface area contributed by atoms with Crippen LogP contribution in [0.25, 0.3) is 16.6 Å². The zero-order valence-electron chi connectivity index (χ0n) is 19.8. The first-order valence-electron chi connectivity index (χ1n) is 11.6. The number of ether oxygens (including phenoxy) is 1. The fourth-order valence-electron chi connectivity index (χ4n) is 4.12. The van der Waals surface area contributed by atoms with Gasteiger partial charge < -0.3 is 9.29 Å². The molecule has 10 heteroatoms. The lowest BCUT2D eigenvalue weighted by Crippen LogP contribution is -2.40. The minimum Gasteiger partial charge on any atom is -0.612 e. The Kier molecular flexibility index (Phi) is 6.78. The van der Waals surface area contributed by atoms with Gasteiger partial charge in [-0.25, -0.2) is 22.2 Å². The summed E-state index contributed by atoms with van der Waals surface area (Å²) in [5.74, 6) is 0.230. The molecule has 0 radical (unpaired) electrons. The van der Waals surface area contributed by atoms with Gasteiger partial charge in [-0.1, -0.05) is 12.1 Å². The van der Waals surface area contributed by atoms with Crippen molar-refractivity contribution in [2.24, 2.45) is 0 Å². The van der Waals surface area contributed by atoms with Crippen LogP contribution < -0.4 is 9.46 Å². The third kappa shape index (κ3) is 5.27. The molecule has 1 aliphatic carbocycles. The first-order valence-corrected chi connectivity index (χ1v) is 14.7. The highest BCUT2D eigenvalue weighted by molar-refractivity contribution is 7.90. The molecule has 1 saturated carbocycles. The van der Waals surface area contributed by atoms with Gasteiger partial charge in [0, 0.05) is 5.39 Å². The molecule has 1 N–H and O–H groups in total. The van der Waals surface area contributed by atoms with Gasteiger partial charge in [0.25, 0.3) is 0 Å². The first-order chi connectivity index (χ1) is 17.2. The van der Waals surface area contributed by atoms with Gasteiger partial charge in [0.15, 0.2) is 4.90 Å². The van der Waals surface area contributed by atoms with Crippen molar-refractivity contribution in [2.45, 2.75) is 42.1 Å². The van der Waals surface area contributed by atoms with Crippen molar-refractivity contribution in [2.75, 3.05) is 6.26 Å². The highest BCUT2D eigenvalue weighted by atomic mass is 32.2. The van der Waals surface area contributed by atoms with Crippen LogP contribution in [0, 0.1) is 5.82 Å². The Morgan fingerprint density at radius 1 is 1.11 bits per heavy atom. The second kappa shape index (κ2) is 9.85. The topological polar surface area (TPSA) is 96.3 Å². The largest absolute Gasteiger partial charge is 0.612 e. The summed E-state index contributed by atoms with van der Waals surface area (Å²) < 4.78 is 61.3. The Morgan fingerprint density at radius 2 is 1.81 bits per heavy atom. The lowest BCUT2D eigenvalue weighted by Gasteiger charge is -2.26. The van der Waals surface area contributed by atoms with Gasteiger partial charge >= 0.3 is 0 Å². The first kappa shape index (κ1) is 24.8. The summed E-state index contributed by atoms with van der Waals surface area (Å²) >= 11 is -1.13. The average Bonchev–Trinajstić information content (AvgIpc) is 3.64. The molecule has 0 amide bonds. The van der Waals surface area contributed by atoms with Gasteiger partial charge in [-0.15, -0.1) is 0 Å². The van der Waals surface area contributed by atoms with Crippen LogP contribution in [0.5, 0.6) is 5.75 Å². The van der Waals surface area contributed by atoms with Crippen molar-refractivity contribution in [3.05, 3.63) is 84.3 Å². The van der Waals surface area contributed by atoms with Crippen LogP contribution >= 0.6 is 0 Å². The van der Waals surface area contributed by atoms with Crippen LogP contribution in [0.4, 0.5) is 4.39 Å².